The van der Waals surface area contributed by atoms with Crippen molar-refractivity contribution in [2.75, 3.05) is 18.9 Å². The van der Waals surface area contributed by atoms with Gasteiger partial charge in [-0.15, -0.1) is 0 Å². The number of hydrogen-bond acceptors (Lipinski definition) is 4. The van der Waals surface area contributed by atoms with Gasteiger partial charge in [-0.1, -0.05) is 32.0 Å². The second-order valence-corrected chi connectivity index (χ2v) is 10.5. The van der Waals surface area contributed by atoms with Crippen LogP contribution in [0, 0.1) is 28.9 Å². The van der Waals surface area contributed by atoms with Crippen molar-refractivity contribution in [1.82, 2.24) is 14.8 Å². The van der Waals surface area contributed by atoms with E-state index < -0.39 is 40.9 Å². The van der Waals surface area contributed by atoms with E-state index in [1.807, 2.05) is 26.0 Å². The van der Waals surface area contributed by atoms with E-state index >= 15 is 0 Å². The summed E-state index contributed by atoms with van der Waals surface area (Å²) in [6.07, 6.45) is 0.450. The largest absolute Gasteiger partial charge is 0.350 e. The second-order valence-electron chi connectivity index (χ2n) is 10.5. The van der Waals surface area contributed by atoms with Crippen LogP contribution in [0.2, 0.25) is 0 Å². The number of anilines is 1. The van der Waals surface area contributed by atoms with Crippen molar-refractivity contribution in [1.29, 1.82) is 5.26 Å². The second kappa shape index (κ2) is 9.24. The molecule has 10 heteroatoms. The number of para-hydroxylation sites is 1. The Morgan fingerprint density at radius 1 is 1.24 bits per heavy atom. The van der Waals surface area contributed by atoms with E-state index in [1.54, 1.807) is 12.1 Å². The highest BCUT2D eigenvalue weighted by Gasteiger charge is 2.56. The van der Waals surface area contributed by atoms with E-state index in [9.17, 15) is 28.4 Å². The first kappa shape index (κ1) is 25.4. The zero-order valence-electron chi connectivity index (χ0n) is 21.2. The maximum absolute atomic E-state index is 14.2. The first-order valence-corrected chi connectivity index (χ1v) is 12.4. The number of H-pyrrole nitrogens is 1. The van der Waals surface area contributed by atoms with Gasteiger partial charge in [0.15, 0.2) is 0 Å². The van der Waals surface area contributed by atoms with Gasteiger partial charge in [0.25, 0.3) is 5.91 Å². The lowest BCUT2D eigenvalue weighted by Crippen LogP contribution is -2.52. The van der Waals surface area contributed by atoms with Gasteiger partial charge in [-0.3, -0.25) is 14.4 Å². The van der Waals surface area contributed by atoms with Gasteiger partial charge in [0, 0.05) is 37.2 Å². The molecular weight excluding hydrogens is 492 g/mol. The van der Waals surface area contributed by atoms with Crippen LogP contribution >= 0.6 is 0 Å². The summed E-state index contributed by atoms with van der Waals surface area (Å²) < 4.78 is 27.9. The molecule has 1 aromatic heterocycles. The molecule has 1 saturated heterocycles. The molecule has 1 spiro atoms. The number of nitrogens with one attached hydrogen (secondary N) is 2. The van der Waals surface area contributed by atoms with Crippen LogP contribution in [0.4, 0.5) is 14.5 Å². The Labute approximate surface area is 218 Å². The van der Waals surface area contributed by atoms with Crippen LogP contribution in [-0.4, -0.2) is 58.2 Å². The number of carbonyl (C=O) groups excluding carboxylic acids is 3. The maximum atomic E-state index is 14.2. The third-order valence-corrected chi connectivity index (χ3v) is 7.57. The summed E-state index contributed by atoms with van der Waals surface area (Å²) in [7, 11) is 1.47. The smallest absolute Gasteiger partial charge is 0.270 e. The lowest BCUT2D eigenvalue weighted by molar-refractivity contribution is -0.136. The van der Waals surface area contributed by atoms with Crippen molar-refractivity contribution in [3.8, 4) is 6.07 Å². The van der Waals surface area contributed by atoms with Gasteiger partial charge in [0.1, 0.15) is 29.4 Å². The average molecular weight is 520 g/mol. The molecule has 2 aliphatic heterocycles. The Kier molecular flexibility index (Phi) is 6.18. The molecule has 2 N–H and O–H groups in total. The number of likely N-dealkylation sites (tertiary alicyclic amines) is 1. The highest BCUT2D eigenvalue weighted by molar-refractivity contribution is 6.07. The van der Waals surface area contributed by atoms with Crippen LogP contribution in [0.15, 0.2) is 42.5 Å². The minimum absolute atomic E-state index is 0.00683. The molecule has 0 aliphatic carbocycles. The number of hydrogen-bond donors (Lipinski definition) is 2. The molecular formula is C28H27F2N5O3. The summed E-state index contributed by atoms with van der Waals surface area (Å²) in [6.45, 7) is 3.83. The Morgan fingerprint density at radius 2 is 1.97 bits per heavy atom. The van der Waals surface area contributed by atoms with Crippen LogP contribution in [0.25, 0.3) is 10.9 Å². The molecule has 0 bridgehead atoms. The van der Waals surface area contributed by atoms with Crippen molar-refractivity contribution >= 4 is 34.3 Å². The van der Waals surface area contributed by atoms with Crippen molar-refractivity contribution in [2.24, 2.45) is 5.92 Å². The third-order valence-electron chi connectivity index (χ3n) is 7.57. The number of aromatic nitrogens is 1. The Bertz CT molecular complexity index is 1510. The van der Waals surface area contributed by atoms with E-state index in [4.69, 9.17) is 0 Å². The summed E-state index contributed by atoms with van der Waals surface area (Å²) in [5.41, 5.74) is 0.501. The Balaban J connectivity index is 1.46. The average Bonchev–Trinajstić information content (AvgIpc) is 3.56. The van der Waals surface area contributed by atoms with E-state index in [-0.39, 0.29) is 41.4 Å². The van der Waals surface area contributed by atoms with E-state index in [1.165, 1.54) is 22.9 Å². The van der Waals surface area contributed by atoms with Crippen molar-refractivity contribution in [2.45, 2.75) is 44.2 Å². The molecule has 196 valence electrons. The van der Waals surface area contributed by atoms with Gasteiger partial charge in [-0.05, 0) is 36.1 Å². The number of rotatable bonds is 5. The lowest BCUT2D eigenvalue weighted by atomic mass is 9.80. The number of nitriles is 1. The van der Waals surface area contributed by atoms with E-state index in [0.717, 1.165) is 17.7 Å². The van der Waals surface area contributed by atoms with Gasteiger partial charge in [0.2, 0.25) is 11.8 Å². The van der Waals surface area contributed by atoms with Crippen LogP contribution < -0.4 is 5.32 Å². The fourth-order valence-corrected chi connectivity index (χ4v) is 5.66. The van der Waals surface area contributed by atoms with Gasteiger partial charge in [-0.2, -0.15) is 5.26 Å². The first-order chi connectivity index (χ1) is 18.1. The minimum atomic E-state index is -1.05. The molecule has 0 saturated carbocycles. The fraction of sp³-hybridized carbons (Fsp3) is 0.357. The standard InChI is InChI=1S/C28H27F2N5O3/c1-15(2)8-24(34(3)25(36)23-11-18-20(30)9-16(29)10-22(18)32-23)26(37)35-14-28(12-17(35)13-31)19-6-4-5-7-21(19)33-27(28)38/h4-7,9-11,15,17,24,32H,8,12,14H2,1-3H3,(H,33,38)/t17-,24-,28-/m0/s1. The molecule has 0 radical (unpaired) electrons. The SMILES string of the molecule is CC(C)C[C@@H](C(=O)N1C[C@]2(C[C@H]1C#N)C(=O)Nc1ccccc12)N(C)C(=O)c1cc2c(F)cc(F)cc2[nH]1. The number of halogens is 2. The highest BCUT2D eigenvalue weighted by Crippen LogP contribution is 2.46. The number of fused-ring (bicyclic) bond motifs is 3. The van der Waals surface area contributed by atoms with Gasteiger partial charge in [-0.25, -0.2) is 8.78 Å². The summed E-state index contributed by atoms with van der Waals surface area (Å²) in [5.74, 6) is -2.84. The molecule has 5 rings (SSSR count). The van der Waals surface area contributed by atoms with Gasteiger partial charge < -0.3 is 20.1 Å². The Hall–Kier alpha value is -4.26. The quantitative estimate of drug-likeness (QED) is 0.532. The molecule has 0 unspecified atom stereocenters. The van der Waals surface area contributed by atoms with Crippen molar-refractivity contribution in [3.63, 3.8) is 0 Å². The topological polar surface area (TPSA) is 109 Å². The number of nitrogens with zero attached hydrogens (tertiary/aromatic N) is 3. The summed E-state index contributed by atoms with van der Waals surface area (Å²) in [5, 5.41) is 12.9. The van der Waals surface area contributed by atoms with E-state index in [2.05, 4.69) is 16.4 Å². The predicted molar refractivity (Wildman–Crippen MR) is 136 cm³/mol. The van der Waals surface area contributed by atoms with Crippen molar-refractivity contribution in [3.05, 3.63) is 65.4 Å². The normalized spacial score (nSPS) is 21.0. The molecule has 1 fully saturated rings. The lowest BCUT2D eigenvalue weighted by Gasteiger charge is -2.33. The number of aromatic amines is 1. The van der Waals surface area contributed by atoms with Crippen molar-refractivity contribution < 1.29 is 23.2 Å². The van der Waals surface area contributed by atoms with Crippen LogP contribution in [0.3, 0.4) is 0 Å². The van der Waals surface area contributed by atoms with Crippen LogP contribution in [0.1, 0.15) is 42.7 Å². The number of amides is 3. The molecule has 3 heterocycles. The molecule has 3 atom stereocenters. The summed E-state index contributed by atoms with van der Waals surface area (Å²) in [6, 6.07) is 10.7. The third kappa shape index (κ3) is 3.99. The zero-order valence-corrected chi connectivity index (χ0v) is 21.2. The van der Waals surface area contributed by atoms with Gasteiger partial charge in [0.05, 0.1) is 17.0 Å². The van der Waals surface area contributed by atoms with Gasteiger partial charge >= 0.3 is 0 Å². The zero-order chi connectivity index (χ0) is 27.4. The van der Waals surface area contributed by atoms with E-state index in [0.29, 0.717) is 12.1 Å². The highest BCUT2D eigenvalue weighted by atomic mass is 19.1. The maximum Gasteiger partial charge on any atom is 0.270 e. The molecule has 2 aliphatic rings. The fourth-order valence-electron chi connectivity index (χ4n) is 5.66. The number of carbonyl (C=O) groups is 3. The molecule has 38 heavy (non-hydrogen) atoms. The number of likely N-dealkylation sites (N-methyl/N-ethyl adjacent to an activating group) is 1. The molecule has 8 nitrogen and oxygen atoms in total. The summed E-state index contributed by atoms with van der Waals surface area (Å²) in [4.78, 5) is 46.0. The predicted octanol–water partition coefficient (Wildman–Crippen LogP) is 3.95. The minimum Gasteiger partial charge on any atom is -0.350 e. The van der Waals surface area contributed by atoms with Crippen LogP contribution in [0.5, 0.6) is 0 Å². The van der Waals surface area contributed by atoms with Crippen LogP contribution in [-0.2, 0) is 15.0 Å². The first-order valence-electron chi connectivity index (χ1n) is 12.4. The monoisotopic (exact) mass is 519 g/mol. The summed E-state index contributed by atoms with van der Waals surface area (Å²) >= 11 is 0. The number of benzene rings is 2. The molecule has 3 aromatic rings. The molecule has 3 amide bonds. The Morgan fingerprint density at radius 3 is 2.68 bits per heavy atom. The molecule has 2 aromatic carbocycles.